The molecule has 8 heteroatoms. The molecule has 4 saturated carbocycles. The molecule has 5 aliphatic carbocycles. The lowest BCUT2D eigenvalue weighted by Crippen LogP contribution is -2.66. The number of oxazole rings is 1. The normalized spacial score (nSPS) is 36.9. The molecule has 1 aromatic heterocycles. The lowest BCUT2D eigenvalue weighted by molar-refractivity contribution is -0.232. The van der Waals surface area contributed by atoms with Crippen molar-refractivity contribution in [3.05, 3.63) is 52.5 Å². The molecule has 7 rings (SSSR count). The van der Waals surface area contributed by atoms with Crippen molar-refractivity contribution in [1.29, 1.82) is 0 Å². The smallest absolute Gasteiger partial charge is 0.309 e. The number of nitrogens with zero attached hydrogens (tertiary/aromatic N) is 1. The van der Waals surface area contributed by atoms with Gasteiger partial charge in [0.05, 0.1) is 23.4 Å². The van der Waals surface area contributed by atoms with Crippen LogP contribution in [0.2, 0.25) is 5.02 Å². The van der Waals surface area contributed by atoms with Crippen LogP contribution in [0, 0.1) is 50.7 Å². The maximum absolute atomic E-state index is 14.1. The predicted molar refractivity (Wildman–Crippen MR) is 202 cm³/mol. The average Bonchev–Trinajstić information content (AvgIpc) is 3.66. The molecular weight excluding hydrogens is 674 g/mol. The van der Waals surface area contributed by atoms with Crippen molar-refractivity contribution in [1.82, 2.24) is 4.98 Å². The number of aromatic nitrogens is 1. The molecular formula is C44H58ClNO6. The minimum absolute atomic E-state index is 0.00500. The van der Waals surface area contributed by atoms with Gasteiger partial charge in [-0.1, -0.05) is 60.1 Å². The fourth-order valence-electron chi connectivity index (χ4n) is 12.9. The zero-order valence-electron chi connectivity index (χ0n) is 32.7. The number of esters is 1. The number of ether oxygens (including phenoxy) is 1. The van der Waals surface area contributed by atoms with Crippen LogP contribution >= 0.6 is 11.6 Å². The van der Waals surface area contributed by atoms with Crippen molar-refractivity contribution in [2.24, 2.45) is 50.7 Å². The van der Waals surface area contributed by atoms with Crippen molar-refractivity contribution in [2.75, 3.05) is 0 Å². The second kappa shape index (κ2) is 12.3. The van der Waals surface area contributed by atoms with Gasteiger partial charge in [0.15, 0.2) is 11.5 Å². The summed E-state index contributed by atoms with van der Waals surface area (Å²) in [6.45, 7) is 19.7. The number of carbonyl (C=O) groups is 3. The summed E-state index contributed by atoms with van der Waals surface area (Å²) in [6, 6.07) is 7.64. The van der Waals surface area contributed by atoms with E-state index >= 15 is 0 Å². The van der Waals surface area contributed by atoms with E-state index < -0.39 is 22.8 Å². The second-order valence-electron chi connectivity index (χ2n) is 19.5. The van der Waals surface area contributed by atoms with E-state index in [0.29, 0.717) is 34.9 Å². The number of hydrogen-bond donors (Lipinski definition) is 1. The van der Waals surface area contributed by atoms with Crippen molar-refractivity contribution >= 4 is 29.3 Å². The van der Waals surface area contributed by atoms with Crippen LogP contribution in [0.3, 0.4) is 0 Å². The number of carboxylic acid groups (broad SMARTS) is 1. The van der Waals surface area contributed by atoms with Crippen LogP contribution in [0.25, 0.3) is 11.3 Å². The third-order valence-corrected chi connectivity index (χ3v) is 16.1. The van der Waals surface area contributed by atoms with Gasteiger partial charge in [0, 0.05) is 22.4 Å². The summed E-state index contributed by atoms with van der Waals surface area (Å²) in [5.41, 5.74) is 1.45. The number of benzene rings is 1. The quantitative estimate of drug-likeness (QED) is 0.282. The highest BCUT2D eigenvalue weighted by Gasteiger charge is 2.71. The zero-order valence-corrected chi connectivity index (χ0v) is 33.4. The van der Waals surface area contributed by atoms with E-state index in [4.69, 9.17) is 25.7 Å². The maximum Gasteiger partial charge on any atom is 0.309 e. The van der Waals surface area contributed by atoms with Gasteiger partial charge in [0.25, 0.3) is 0 Å². The van der Waals surface area contributed by atoms with Gasteiger partial charge >= 0.3 is 11.9 Å². The third kappa shape index (κ3) is 5.32. The molecule has 1 aromatic carbocycles. The fourth-order valence-corrected chi connectivity index (χ4v) is 13.1. The van der Waals surface area contributed by atoms with Gasteiger partial charge in [-0.05, 0) is 141 Å². The molecule has 282 valence electrons. The van der Waals surface area contributed by atoms with Crippen LogP contribution in [0.5, 0.6) is 0 Å². The van der Waals surface area contributed by atoms with Crippen molar-refractivity contribution < 1.29 is 28.6 Å². The van der Waals surface area contributed by atoms with E-state index in [-0.39, 0.29) is 51.8 Å². The summed E-state index contributed by atoms with van der Waals surface area (Å²) in [4.78, 5) is 43.9. The summed E-state index contributed by atoms with van der Waals surface area (Å²) in [5.74, 6) is 1.49. The number of halogens is 1. The average molecular weight is 732 g/mol. The Morgan fingerprint density at radius 2 is 1.65 bits per heavy atom. The van der Waals surface area contributed by atoms with Gasteiger partial charge in [-0.25, -0.2) is 4.98 Å². The van der Waals surface area contributed by atoms with Crippen molar-refractivity contribution in [3.63, 3.8) is 0 Å². The summed E-state index contributed by atoms with van der Waals surface area (Å²) in [7, 11) is 0. The standard InChI is InChI=1S/C44H58ClNO6/c1-25(2)35-29(47)22-44(37-46-24-30(51-37)26-10-12-27(45)13-11-26)21-20-42(8)28(36(35)44)14-15-32-41(7)18-17-33(52-34(48)23-39(3,4)38(49)50)40(5,6)31(41)16-19-43(32,42)9/h10-13,24-25,28,31-33H,14-23H2,1-9H3,(H,49,50). The van der Waals surface area contributed by atoms with Gasteiger partial charge in [-0.15, -0.1) is 0 Å². The summed E-state index contributed by atoms with van der Waals surface area (Å²) >= 11 is 6.19. The Kier molecular flexibility index (Phi) is 8.84. The van der Waals surface area contributed by atoms with E-state index in [1.54, 1.807) is 13.8 Å². The molecule has 1 heterocycles. The van der Waals surface area contributed by atoms with Gasteiger partial charge < -0.3 is 14.3 Å². The highest BCUT2D eigenvalue weighted by molar-refractivity contribution is 6.30. The Balaban J connectivity index is 1.20. The monoisotopic (exact) mass is 731 g/mol. The van der Waals surface area contributed by atoms with E-state index in [2.05, 4.69) is 48.5 Å². The Morgan fingerprint density at radius 1 is 0.962 bits per heavy atom. The molecule has 0 saturated heterocycles. The van der Waals surface area contributed by atoms with Gasteiger partial charge in [0.1, 0.15) is 6.10 Å². The molecule has 8 unspecified atom stereocenters. The lowest BCUT2D eigenvalue weighted by Gasteiger charge is -2.72. The van der Waals surface area contributed by atoms with Gasteiger partial charge in [0.2, 0.25) is 5.89 Å². The van der Waals surface area contributed by atoms with Crippen LogP contribution in [0.15, 0.2) is 46.0 Å². The first kappa shape index (κ1) is 37.4. The molecule has 0 bridgehead atoms. The second-order valence-corrected chi connectivity index (χ2v) is 20.0. The molecule has 4 fully saturated rings. The molecule has 52 heavy (non-hydrogen) atoms. The van der Waals surface area contributed by atoms with E-state index in [0.717, 1.165) is 62.5 Å². The molecule has 1 N–H and O–H groups in total. The first-order valence-electron chi connectivity index (χ1n) is 19.6. The number of fused-ring (bicyclic) bond motifs is 7. The highest BCUT2D eigenvalue weighted by Crippen LogP contribution is 2.76. The minimum atomic E-state index is -1.16. The van der Waals surface area contributed by atoms with E-state index in [1.165, 1.54) is 5.57 Å². The first-order valence-corrected chi connectivity index (χ1v) is 20.0. The molecule has 0 aliphatic heterocycles. The molecule has 0 spiro atoms. The molecule has 5 aliphatic rings. The van der Waals surface area contributed by atoms with E-state index in [9.17, 15) is 19.5 Å². The Labute approximate surface area is 314 Å². The van der Waals surface area contributed by atoms with Crippen LogP contribution in [0.1, 0.15) is 132 Å². The Bertz CT molecular complexity index is 1820. The number of hydrogen-bond acceptors (Lipinski definition) is 6. The van der Waals surface area contributed by atoms with Crippen molar-refractivity contribution in [3.8, 4) is 11.3 Å². The lowest BCUT2D eigenvalue weighted by atomic mass is 9.33. The van der Waals surface area contributed by atoms with E-state index in [1.807, 2.05) is 30.5 Å². The number of rotatable bonds is 7. The number of carbonyl (C=O) groups excluding carboxylic acids is 2. The molecule has 2 aromatic rings. The van der Waals surface area contributed by atoms with Crippen molar-refractivity contribution in [2.45, 2.75) is 138 Å². The molecule has 0 radical (unpaired) electrons. The van der Waals surface area contributed by atoms with Crippen LogP contribution < -0.4 is 0 Å². The van der Waals surface area contributed by atoms with Gasteiger partial charge in [-0.3, -0.25) is 14.4 Å². The molecule has 0 amide bonds. The Hall–Kier alpha value is -2.93. The van der Waals surface area contributed by atoms with Crippen LogP contribution in [0.4, 0.5) is 0 Å². The Morgan fingerprint density at radius 3 is 2.31 bits per heavy atom. The van der Waals surface area contributed by atoms with Crippen LogP contribution in [-0.4, -0.2) is 33.9 Å². The number of allylic oxidation sites excluding steroid dienone is 2. The molecule has 7 nitrogen and oxygen atoms in total. The highest BCUT2D eigenvalue weighted by atomic mass is 35.5. The predicted octanol–water partition coefficient (Wildman–Crippen LogP) is 10.6. The summed E-state index contributed by atoms with van der Waals surface area (Å²) < 4.78 is 12.8. The summed E-state index contributed by atoms with van der Waals surface area (Å²) in [5, 5.41) is 10.3. The topological polar surface area (TPSA) is 107 Å². The fraction of sp³-hybridized carbons (Fsp3) is 0.682. The molecule has 8 atom stereocenters. The third-order valence-electron chi connectivity index (χ3n) is 15.9. The largest absolute Gasteiger partial charge is 0.481 e. The summed E-state index contributed by atoms with van der Waals surface area (Å²) in [6.07, 6.45) is 9.77. The first-order chi connectivity index (χ1) is 24.2. The maximum atomic E-state index is 14.1. The minimum Gasteiger partial charge on any atom is -0.481 e. The zero-order chi connectivity index (χ0) is 37.8. The number of aliphatic carboxylic acids is 1. The number of Topliss-reactive ketones (excluding diaryl/α,β-unsaturated/α-hetero) is 1. The number of carboxylic acids is 1. The number of ketones is 1. The van der Waals surface area contributed by atoms with Gasteiger partial charge in [-0.2, -0.15) is 0 Å². The SMILES string of the molecule is CC(C)C1=C2C3CCC4C5(C)CCC(OC(=O)CC(C)(C)C(=O)O)C(C)(C)C5CCC4(C)C3(C)CCC2(c2ncc(-c3ccc(Cl)cc3)o2)CC1=O. The van der Waals surface area contributed by atoms with Crippen LogP contribution in [-0.2, 0) is 24.5 Å².